The smallest absolute Gasteiger partial charge is 0.324 e. The Kier molecular flexibility index (Phi) is 2.79. The van der Waals surface area contributed by atoms with E-state index in [1.165, 1.54) is 6.07 Å². The second-order valence-corrected chi connectivity index (χ2v) is 5.85. The lowest BCUT2D eigenvalue weighted by Crippen LogP contribution is -2.31. The molecule has 0 aromatic carbocycles. The van der Waals surface area contributed by atoms with E-state index in [9.17, 15) is 14.9 Å². The molecule has 2 saturated heterocycles. The summed E-state index contributed by atoms with van der Waals surface area (Å²) in [4.78, 5) is 24.6. The van der Waals surface area contributed by atoms with Crippen molar-refractivity contribution >= 4 is 22.2 Å². The number of fused-ring (bicyclic) bond motifs is 1. The fraction of sp³-hybridized carbons (Fsp3) is 0.545. The molecule has 3 rings (SSSR count). The van der Waals surface area contributed by atoms with Gasteiger partial charge < -0.3 is 10.2 Å². The van der Waals surface area contributed by atoms with Crippen molar-refractivity contribution < 1.29 is 9.72 Å². The van der Waals surface area contributed by atoms with Gasteiger partial charge in [0, 0.05) is 32.2 Å². The Morgan fingerprint density at radius 1 is 1.39 bits per heavy atom. The van der Waals surface area contributed by atoms with Crippen molar-refractivity contribution in [1.82, 2.24) is 10.2 Å². The van der Waals surface area contributed by atoms with Crippen LogP contribution in [0.5, 0.6) is 0 Å². The highest BCUT2D eigenvalue weighted by Crippen LogP contribution is 2.30. The van der Waals surface area contributed by atoms with Gasteiger partial charge in [-0.05, 0) is 17.9 Å². The van der Waals surface area contributed by atoms with Gasteiger partial charge in [0.25, 0.3) is 5.91 Å². The molecule has 0 aliphatic carbocycles. The van der Waals surface area contributed by atoms with E-state index in [1.54, 1.807) is 6.07 Å². The number of thiophene rings is 1. The van der Waals surface area contributed by atoms with Gasteiger partial charge in [0.15, 0.2) is 0 Å². The summed E-state index contributed by atoms with van der Waals surface area (Å²) in [5.41, 5.74) is 0. The molecule has 1 aromatic rings. The van der Waals surface area contributed by atoms with Crippen molar-refractivity contribution in [3.05, 3.63) is 27.1 Å². The van der Waals surface area contributed by atoms with Crippen LogP contribution in [0.15, 0.2) is 12.1 Å². The molecular weight excluding hydrogens is 254 g/mol. The first-order valence-electron chi connectivity index (χ1n) is 5.89. The van der Waals surface area contributed by atoms with E-state index in [1.807, 2.05) is 4.90 Å². The summed E-state index contributed by atoms with van der Waals surface area (Å²) in [5.74, 6) is 1.02. The Morgan fingerprint density at radius 2 is 2.06 bits per heavy atom. The van der Waals surface area contributed by atoms with Gasteiger partial charge >= 0.3 is 5.00 Å². The standard InChI is InChI=1S/C11H13N3O3S/c15-11(9-1-2-10(18-9)14(16)17)13-5-7-3-12-4-8(7)6-13/h1-2,7-8,12H,3-6H2/t7-,8+. The number of nitro groups is 1. The lowest BCUT2D eigenvalue weighted by molar-refractivity contribution is -0.380. The molecule has 2 aliphatic heterocycles. The molecule has 2 fully saturated rings. The molecule has 2 aliphatic rings. The van der Waals surface area contributed by atoms with Crippen molar-refractivity contribution in [2.75, 3.05) is 26.2 Å². The first kappa shape index (κ1) is 11.6. The zero-order valence-corrected chi connectivity index (χ0v) is 10.5. The fourth-order valence-electron chi connectivity index (χ4n) is 2.72. The van der Waals surface area contributed by atoms with Gasteiger partial charge in [-0.3, -0.25) is 14.9 Å². The monoisotopic (exact) mass is 267 g/mol. The summed E-state index contributed by atoms with van der Waals surface area (Å²) in [6.45, 7) is 3.47. The molecule has 0 spiro atoms. The summed E-state index contributed by atoms with van der Waals surface area (Å²) in [6.07, 6.45) is 0. The second kappa shape index (κ2) is 4.33. The number of nitrogens with zero attached hydrogens (tertiary/aromatic N) is 2. The van der Waals surface area contributed by atoms with Crippen molar-refractivity contribution in [1.29, 1.82) is 0 Å². The largest absolute Gasteiger partial charge is 0.337 e. The molecule has 2 atom stereocenters. The quantitative estimate of drug-likeness (QED) is 0.639. The van der Waals surface area contributed by atoms with Crippen LogP contribution in [0.25, 0.3) is 0 Å². The van der Waals surface area contributed by atoms with Crippen LogP contribution in [0.3, 0.4) is 0 Å². The maximum atomic E-state index is 12.2. The molecule has 0 unspecified atom stereocenters. The number of hydrogen-bond donors (Lipinski definition) is 1. The summed E-state index contributed by atoms with van der Waals surface area (Å²) >= 11 is 0.958. The third kappa shape index (κ3) is 1.89. The second-order valence-electron chi connectivity index (χ2n) is 4.78. The minimum Gasteiger partial charge on any atom is -0.337 e. The fourth-order valence-corrected chi connectivity index (χ4v) is 3.51. The summed E-state index contributed by atoms with van der Waals surface area (Å²) < 4.78 is 0. The van der Waals surface area contributed by atoms with Gasteiger partial charge in [-0.15, -0.1) is 0 Å². The van der Waals surface area contributed by atoms with E-state index >= 15 is 0 Å². The van der Waals surface area contributed by atoms with Crippen molar-refractivity contribution in [2.24, 2.45) is 11.8 Å². The Morgan fingerprint density at radius 3 is 2.61 bits per heavy atom. The summed E-state index contributed by atoms with van der Waals surface area (Å²) in [7, 11) is 0. The van der Waals surface area contributed by atoms with Crippen LogP contribution in [0.1, 0.15) is 9.67 Å². The van der Waals surface area contributed by atoms with Crippen LogP contribution in [0, 0.1) is 22.0 Å². The molecule has 96 valence electrons. The third-order valence-electron chi connectivity index (χ3n) is 3.66. The van der Waals surface area contributed by atoms with Crippen LogP contribution < -0.4 is 5.32 Å². The molecule has 7 heteroatoms. The molecule has 0 radical (unpaired) electrons. The van der Waals surface area contributed by atoms with Crippen LogP contribution in [-0.2, 0) is 0 Å². The average Bonchev–Trinajstić information content (AvgIpc) is 3.02. The average molecular weight is 267 g/mol. The highest BCUT2D eigenvalue weighted by molar-refractivity contribution is 7.17. The number of carbonyl (C=O) groups is 1. The number of carbonyl (C=O) groups excluding carboxylic acids is 1. The number of amides is 1. The lowest BCUT2D eigenvalue weighted by Gasteiger charge is -2.16. The minimum absolute atomic E-state index is 0.0272. The highest BCUT2D eigenvalue weighted by atomic mass is 32.1. The van der Waals surface area contributed by atoms with E-state index in [0.29, 0.717) is 16.7 Å². The van der Waals surface area contributed by atoms with E-state index in [2.05, 4.69) is 5.32 Å². The zero-order valence-electron chi connectivity index (χ0n) is 9.67. The first-order valence-corrected chi connectivity index (χ1v) is 6.71. The number of hydrogen-bond acceptors (Lipinski definition) is 5. The summed E-state index contributed by atoms with van der Waals surface area (Å²) in [6, 6.07) is 2.95. The van der Waals surface area contributed by atoms with Crippen molar-refractivity contribution in [2.45, 2.75) is 0 Å². The Bertz CT molecular complexity index is 489. The SMILES string of the molecule is O=C(c1ccc([N+](=O)[O-])s1)N1C[C@H]2CNC[C@H]2C1. The maximum absolute atomic E-state index is 12.2. The van der Waals surface area contributed by atoms with Gasteiger partial charge in [0.2, 0.25) is 0 Å². The molecule has 1 aromatic heterocycles. The highest BCUT2D eigenvalue weighted by Gasteiger charge is 2.38. The number of rotatable bonds is 2. The van der Waals surface area contributed by atoms with Crippen molar-refractivity contribution in [3.63, 3.8) is 0 Å². The predicted molar refractivity (Wildman–Crippen MR) is 66.7 cm³/mol. The van der Waals surface area contributed by atoms with E-state index in [-0.39, 0.29) is 10.9 Å². The van der Waals surface area contributed by atoms with Gasteiger partial charge in [0.1, 0.15) is 0 Å². The van der Waals surface area contributed by atoms with Gasteiger partial charge in [-0.1, -0.05) is 11.3 Å². The van der Waals surface area contributed by atoms with E-state index < -0.39 is 4.92 Å². The molecule has 0 saturated carbocycles. The van der Waals surface area contributed by atoms with Gasteiger partial charge in [-0.2, -0.15) is 0 Å². The maximum Gasteiger partial charge on any atom is 0.324 e. The summed E-state index contributed by atoms with van der Waals surface area (Å²) in [5, 5.41) is 13.9. The number of likely N-dealkylation sites (tertiary alicyclic amines) is 1. The molecule has 3 heterocycles. The van der Waals surface area contributed by atoms with E-state index in [0.717, 1.165) is 37.5 Å². The van der Waals surface area contributed by atoms with Gasteiger partial charge in [0.05, 0.1) is 9.80 Å². The molecule has 0 bridgehead atoms. The predicted octanol–water partition coefficient (Wildman–Crippen LogP) is 0.948. The topological polar surface area (TPSA) is 75.5 Å². The molecule has 1 amide bonds. The lowest BCUT2D eigenvalue weighted by atomic mass is 10.0. The van der Waals surface area contributed by atoms with Crippen LogP contribution in [0.4, 0.5) is 5.00 Å². The zero-order chi connectivity index (χ0) is 12.7. The Labute approximate surface area is 108 Å². The third-order valence-corrected chi connectivity index (χ3v) is 4.68. The molecule has 18 heavy (non-hydrogen) atoms. The van der Waals surface area contributed by atoms with Crippen LogP contribution in [-0.4, -0.2) is 41.9 Å². The molecule has 6 nitrogen and oxygen atoms in total. The molecule has 1 N–H and O–H groups in total. The van der Waals surface area contributed by atoms with E-state index in [4.69, 9.17) is 0 Å². The number of nitrogens with one attached hydrogen (secondary N) is 1. The van der Waals surface area contributed by atoms with Crippen molar-refractivity contribution in [3.8, 4) is 0 Å². The minimum atomic E-state index is -0.454. The Balaban J connectivity index is 1.72. The first-order chi connectivity index (χ1) is 8.65. The van der Waals surface area contributed by atoms with Crippen LogP contribution >= 0.6 is 11.3 Å². The normalized spacial score (nSPS) is 26.3. The Hall–Kier alpha value is -1.47. The van der Waals surface area contributed by atoms with Crippen LogP contribution in [0.2, 0.25) is 0 Å². The van der Waals surface area contributed by atoms with Gasteiger partial charge in [-0.25, -0.2) is 0 Å². The molecular formula is C11H13N3O3S.